The van der Waals surface area contributed by atoms with E-state index in [-0.39, 0.29) is 12.5 Å². The average Bonchev–Trinajstić information content (AvgIpc) is 2.53. The molecule has 1 amide bonds. The minimum absolute atomic E-state index is 0.0101. The Morgan fingerprint density at radius 1 is 1.11 bits per heavy atom. The minimum Gasteiger partial charge on any atom is -0.450 e. The van der Waals surface area contributed by atoms with Crippen molar-refractivity contribution in [3.63, 3.8) is 0 Å². The molecule has 0 aromatic heterocycles. The Bertz CT molecular complexity index is 740. The van der Waals surface area contributed by atoms with Crippen LogP contribution in [0.1, 0.15) is 45.7 Å². The number of hydrogen-bond donors (Lipinski definition) is 0. The van der Waals surface area contributed by atoms with Crippen LogP contribution in [0.15, 0.2) is 30.8 Å². The lowest BCUT2D eigenvalue weighted by atomic mass is 9.89. The Morgan fingerprint density at radius 2 is 1.64 bits per heavy atom. The number of rotatable bonds is 7. The van der Waals surface area contributed by atoms with Gasteiger partial charge < -0.3 is 4.74 Å². The highest BCUT2D eigenvalue weighted by Crippen LogP contribution is 2.51. The Kier molecular flexibility index (Phi) is 6.54. The van der Waals surface area contributed by atoms with Crippen LogP contribution in [0.4, 0.5) is 31.1 Å². The van der Waals surface area contributed by atoms with Gasteiger partial charge in [0, 0.05) is 6.92 Å². The molecule has 0 saturated heterocycles. The van der Waals surface area contributed by atoms with E-state index < -0.39 is 41.0 Å². The van der Waals surface area contributed by atoms with E-state index in [4.69, 9.17) is 0 Å². The molecule has 28 heavy (non-hydrogen) atoms. The number of carbonyl (C=O) groups excluding carboxylic acids is 1. The normalized spacial score (nSPS) is 13.2. The van der Waals surface area contributed by atoms with Crippen LogP contribution in [0.2, 0.25) is 0 Å². The number of hydrogen-bond acceptors (Lipinski definition) is 2. The van der Waals surface area contributed by atoms with Crippen molar-refractivity contribution in [1.82, 2.24) is 4.90 Å². The number of carbonyl (C=O) groups is 1. The van der Waals surface area contributed by atoms with Crippen LogP contribution in [0.25, 0.3) is 5.57 Å². The summed E-state index contributed by atoms with van der Waals surface area (Å²) in [5.74, 6) is -11.0. The van der Waals surface area contributed by atoms with E-state index in [1.807, 2.05) is 0 Å². The molecule has 0 aliphatic rings. The van der Waals surface area contributed by atoms with E-state index in [1.165, 1.54) is 25.1 Å². The third-order valence-electron chi connectivity index (χ3n) is 4.28. The van der Waals surface area contributed by atoms with Crippen molar-refractivity contribution in [3.8, 4) is 0 Å². The van der Waals surface area contributed by atoms with Crippen LogP contribution in [-0.2, 0) is 10.3 Å². The van der Waals surface area contributed by atoms with Gasteiger partial charge in [0.1, 0.15) is 0 Å². The molecule has 1 aromatic carbocycles. The summed E-state index contributed by atoms with van der Waals surface area (Å²) in [4.78, 5) is 11.6. The highest BCUT2D eigenvalue weighted by molar-refractivity contribution is 5.70. The third kappa shape index (κ3) is 4.12. The van der Waals surface area contributed by atoms with Gasteiger partial charge in [0.25, 0.3) is 0 Å². The standard InChI is InChI=1S/C19H23F6NO2/c1-7-28-15(27)26(19(24,25)18(22,23)17(6,20)21)16(4,5)14-10-8-9-13(11-14)12(2)3/h8-11H,2,7H2,1,3-6H3. The lowest BCUT2D eigenvalue weighted by molar-refractivity contribution is -0.353. The van der Waals surface area contributed by atoms with Crippen LogP contribution in [-0.4, -0.2) is 35.5 Å². The molecule has 0 fully saturated rings. The first kappa shape index (κ1) is 23.8. The summed E-state index contributed by atoms with van der Waals surface area (Å²) in [6, 6.07) is 0.183. The minimum atomic E-state index is -5.85. The smallest absolute Gasteiger partial charge is 0.415 e. The number of alkyl halides is 6. The molecule has 0 unspecified atom stereocenters. The first-order valence-electron chi connectivity index (χ1n) is 8.38. The molecule has 1 rings (SSSR count). The molecule has 9 heteroatoms. The van der Waals surface area contributed by atoms with Gasteiger partial charge in [-0.25, -0.2) is 9.69 Å². The average molecular weight is 411 g/mol. The van der Waals surface area contributed by atoms with Crippen molar-refractivity contribution in [2.24, 2.45) is 0 Å². The predicted molar refractivity (Wildman–Crippen MR) is 93.6 cm³/mol. The highest BCUT2D eigenvalue weighted by atomic mass is 19.3. The maximum Gasteiger partial charge on any atom is 0.415 e. The SMILES string of the molecule is C=C(C)c1cccc(C(C)(C)N(C(=O)OCC)C(F)(F)C(F)(F)C(C)(F)F)c1. The molecule has 0 saturated carbocycles. The maximum absolute atomic E-state index is 14.8. The van der Waals surface area contributed by atoms with Gasteiger partial charge in [0.2, 0.25) is 0 Å². The summed E-state index contributed by atoms with van der Waals surface area (Å²) in [5, 5.41) is 0. The van der Waals surface area contributed by atoms with Crippen molar-refractivity contribution in [2.75, 3.05) is 6.61 Å². The van der Waals surface area contributed by atoms with E-state index in [2.05, 4.69) is 11.3 Å². The molecule has 1 aromatic rings. The van der Waals surface area contributed by atoms with Gasteiger partial charge in [-0.2, -0.15) is 26.3 Å². The van der Waals surface area contributed by atoms with E-state index in [9.17, 15) is 31.1 Å². The Labute approximate surface area is 160 Å². The summed E-state index contributed by atoms with van der Waals surface area (Å²) in [7, 11) is 0. The zero-order valence-corrected chi connectivity index (χ0v) is 16.3. The zero-order chi connectivity index (χ0) is 22.1. The zero-order valence-electron chi connectivity index (χ0n) is 16.3. The fourth-order valence-electron chi connectivity index (χ4n) is 2.58. The quantitative estimate of drug-likeness (QED) is 0.389. The maximum atomic E-state index is 14.8. The number of allylic oxidation sites excluding steroid dienone is 1. The number of nitrogens with zero attached hydrogens (tertiary/aromatic N) is 1. The molecular formula is C19H23F6NO2. The van der Waals surface area contributed by atoms with Gasteiger partial charge in [0.05, 0.1) is 12.1 Å². The van der Waals surface area contributed by atoms with Crippen LogP contribution < -0.4 is 0 Å². The van der Waals surface area contributed by atoms with Gasteiger partial charge in [-0.1, -0.05) is 30.4 Å². The van der Waals surface area contributed by atoms with E-state index >= 15 is 0 Å². The Hall–Kier alpha value is -2.19. The van der Waals surface area contributed by atoms with Gasteiger partial charge in [0.15, 0.2) is 0 Å². The molecule has 0 spiro atoms. The van der Waals surface area contributed by atoms with Gasteiger partial charge in [-0.3, -0.25) is 0 Å². The van der Waals surface area contributed by atoms with Crippen molar-refractivity contribution < 1.29 is 35.9 Å². The lowest BCUT2D eigenvalue weighted by Gasteiger charge is -2.45. The van der Waals surface area contributed by atoms with Crippen LogP contribution in [0.3, 0.4) is 0 Å². The first-order valence-corrected chi connectivity index (χ1v) is 8.38. The van der Waals surface area contributed by atoms with Crippen LogP contribution in [0, 0.1) is 0 Å². The topological polar surface area (TPSA) is 29.5 Å². The summed E-state index contributed by atoms with van der Waals surface area (Å²) in [6.07, 6.45) is -1.85. The molecule has 0 aliphatic heterocycles. The Morgan fingerprint density at radius 3 is 2.07 bits per heavy atom. The number of ether oxygens (including phenoxy) is 1. The van der Waals surface area contributed by atoms with E-state index in [0.29, 0.717) is 11.1 Å². The molecule has 0 aliphatic carbocycles. The van der Waals surface area contributed by atoms with E-state index in [1.54, 1.807) is 13.0 Å². The van der Waals surface area contributed by atoms with Gasteiger partial charge in [-0.15, -0.1) is 0 Å². The predicted octanol–water partition coefficient (Wildman–Crippen LogP) is 6.30. The lowest BCUT2D eigenvalue weighted by Crippen LogP contribution is -2.67. The monoisotopic (exact) mass is 411 g/mol. The largest absolute Gasteiger partial charge is 0.450 e. The number of halogens is 6. The van der Waals surface area contributed by atoms with Crippen molar-refractivity contribution >= 4 is 11.7 Å². The second kappa shape index (κ2) is 7.67. The molecule has 0 heterocycles. The summed E-state index contributed by atoms with van der Waals surface area (Å²) in [6.45, 7) is 7.95. The van der Waals surface area contributed by atoms with Crippen molar-refractivity contribution in [2.45, 2.75) is 58.0 Å². The fraction of sp³-hybridized carbons (Fsp3) is 0.526. The summed E-state index contributed by atoms with van der Waals surface area (Å²) >= 11 is 0. The number of amides is 1. The summed E-state index contributed by atoms with van der Waals surface area (Å²) in [5.41, 5.74) is -1.06. The van der Waals surface area contributed by atoms with Gasteiger partial charge in [-0.05, 0) is 44.9 Å². The number of benzene rings is 1. The second-order valence-electron chi connectivity index (χ2n) is 6.96. The Balaban J connectivity index is 3.68. The molecule has 158 valence electrons. The van der Waals surface area contributed by atoms with Crippen LogP contribution in [0.5, 0.6) is 0 Å². The highest BCUT2D eigenvalue weighted by Gasteiger charge is 2.74. The van der Waals surface area contributed by atoms with Crippen LogP contribution >= 0.6 is 0 Å². The molecular weight excluding hydrogens is 388 g/mol. The molecule has 3 nitrogen and oxygen atoms in total. The second-order valence-corrected chi connectivity index (χ2v) is 6.96. The fourth-order valence-corrected chi connectivity index (χ4v) is 2.58. The van der Waals surface area contributed by atoms with Crippen molar-refractivity contribution in [1.29, 1.82) is 0 Å². The molecule has 0 radical (unpaired) electrons. The molecule has 0 N–H and O–H groups in total. The van der Waals surface area contributed by atoms with E-state index in [0.717, 1.165) is 13.8 Å². The van der Waals surface area contributed by atoms with Crippen molar-refractivity contribution in [3.05, 3.63) is 42.0 Å². The van der Waals surface area contributed by atoms with Gasteiger partial charge >= 0.3 is 24.0 Å². The third-order valence-corrected chi connectivity index (χ3v) is 4.28. The molecule has 0 bridgehead atoms. The molecule has 0 atom stereocenters. The summed E-state index contributed by atoms with van der Waals surface area (Å²) < 4.78 is 88.8. The first-order chi connectivity index (χ1) is 12.5.